The van der Waals surface area contributed by atoms with Crippen LogP contribution in [0.25, 0.3) is 0 Å². The summed E-state index contributed by atoms with van der Waals surface area (Å²) in [6.45, 7) is 5.48. The van der Waals surface area contributed by atoms with E-state index in [0.29, 0.717) is 13.2 Å². The third kappa shape index (κ3) is 3.66. The van der Waals surface area contributed by atoms with Gasteiger partial charge in [0.2, 0.25) is 0 Å². The number of anilines is 1. The Kier molecular flexibility index (Phi) is 5.21. The molecule has 2 aromatic rings. The average Bonchev–Trinajstić information content (AvgIpc) is 3.32. The molecule has 0 bridgehead atoms. The van der Waals surface area contributed by atoms with Crippen molar-refractivity contribution in [3.63, 3.8) is 0 Å². The first-order valence-electron chi connectivity index (χ1n) is 11.0. The number of hydrogen-bond donors (Lipinski definition) is 2. The molecule has 2 N–H and O–H groups in total. The lowest BCUT2D eigenvalue weighted by molar-refractivity contribution is -0.137. The fraction of sp³-hybridized carbons (Fsp3) is 0.308. The quantitative estimate of drug-likeness (QED) is 0.691. The Bertz CT molecular complexity index is 1150. The zero-order valence-electron chi connectivity index (χ0n) is 18.3. The fourth-order valence-electron chi connectivity index (χ4n) is 4.89. The molecular weight excluding hydrogens is 402 g/mol. The molecule has 3 heterocycles. The van der Waals surface area contributed by atoms with Gasteiger partial charge in [0.25, 0.3) is 0 Å². The summed E-state index contributed by atoms with van der Waals surface area (Å²) in [5, 5.41) is 12.6. The number of benzene rings is 2. The molecule has 32 heavy (non-hydrogen) atoms. The highest BCUT2D eigenvalue weighted by atomic mass is 16.5. The molecule has 0 radical (unpaired) electrons. The standard InChI is InChI=1S/C26H27N3O3/c1-16-18(6-5-7-21(16)26-17(2)28-24-8-3-4-11-29(24)26)14-27-20-9-10-22-19(12-25(30)31)15-32-23(22)13-20/h3-11,13,17,19,26-27H,12,14-15H2,1-2H3,(H,30,31)/t17?,19-,26?/m1/s1. The predicted octanol–water partition coefficient (Wildman–Crippen LogP) is 4.79. The first kappa shape index (κ1) is 20.4. The number of hydrogen-bond acceptors (Lipinski definition) is 5. The molecule has 0 fully saturated rings. The lowest BCUT2D eigenvalue weighted by Gasteiger charge is -2.29. The summed E-state index contributed by atoms with van der Waals surface area (Å²) in [6.07, 6.45) is 8.36. The summed E-state index contributed by atoms with van der Waals surface area (Å²) in [4.78, 5) is 18.1. The van der Waals surface area contributed by atoms with Crippen LogP contribution in [0, 0.1) is 6.92 Å². The summed E-state index contributed by atoms with van der Waals surface area (Å²) in [7, 11) is 0. The highest BCUT2D eigenvalue weighted by Gasteiger charge is 2.34. The summed E-state index contributed by atoms with van der Waals surface area (Å²) in [5.74, 6) is 0.928. The Morgan fingerprint density at radius 2 is 2.12 bits per heavy atom. The van der Waals surface area contributed by atoms with E-state index in [9.17, 15) is 4.79 Å². The van der Waals surface area contributed by atoms with Crippen molar-refractivity contribution in [2.75, 3.05) is 11.9 Å². The number of rotatable bonds is 6. The largest absolute Gasteiger partial charge is 0.493 e. The van der Waals surface area contributed by atoms with Gasteiger partial charge in [-0.3, -0.25) is 9.79 Å². The van der Waals surface area contributed by atoms with Crippen molar-refractivity contribution in [3.8, 4) is 5.75 Å². The first-order valence-corrected chi connectivity index (χ1v) is 11.0. The number of aliphatic imine (C=N–C) groups is 1. The van der Waals surface area contributed by atoms with E-state index in [1.165, 1.54) is 16.7 Å². The maximum Gasteiger partial charge on any atom is 0.304 e. The zero-order chi connectivity index (χ0) is 22.2. The van der Waals surface area contributed by atoms with Crippen LogP contribution in [0.3, 0.4) is 0 Å². The van der Waals surface area contributed by atoms with E-state index in [0.717, 1.165) is 22.8 Å². The summed E-state index contributed by atoms with van der Waals surface area (Å²) >= 11 is 0. The molecule has 6 nitrogen and oxygen atoms in total. The van der Waals surface area contributed by atoms with E-state index in [1.807, 2.05) is 24.3 Å². The number of aliphatic carboxylic acids is 1. The van der Waals surface area contributed by atoms with Crippen LogP contribution in [0.4, 0.5) is 5.69 Å². The van der Waals surface area contributed by atoms with Crippen LogP contribution < -0.4 is 10.1 Å². The normalized spacial score (nSPS) is 22.9. The number of amidine groups is 1. The third-order valence-corrected chi connectivity index (χ3v) is 6.56. The number of nitrogens with one attached hydrogen (secondary N) is 1. The molecule has 0 saturated heterocycles. The highest BCUT2D eigenvalue weighted by molar-refractivity contribution is 5.96. The molecule has 0 aliphatic carbocycles. The molecule has 2 aromatic carbocycles. The van der Waals surface area contributed by atoms with Gasteiger partial charge in [-0.25, -0.2) is 0 Å². The van der Waals surface area contributed by atoms with Gasteiger partial charge in [-0.2, -0.15) is 0 Å². The molecule has 6 heteroatoms. The molecule has 0 saturated carbocycles. The lowest BCUT2D eigenvalue weighted by Crippen LogP contribution is -2.28. The van der Waals surface area contributed by atoms with E-state index in [4.69, 9.17) is 14.8 Å². The molecule has 5 rings (SSSR count). The summed E-state index contributed by atoms with van der Waals surface area (Å²) in [5.41, 5.74) is 5.75. The van der Waals surface area contributed by atoms with Gasteiger partial charge in [-0.15, -0.1) is 0 Å². The number of fused-ring (bicyclic) bond motifs is 2. The van der Waals surface area contributed by atoms with Gasteiger partial charge < -0.3 is 20.1 Å². The molecule has 0 aromatic heterocycles. The maximum atomic E-state index is 11.1. The molecule has 2 unspecified atom stereocenters. The van der Waals surface area contributed by atoms with Gasteiger partial charge in [-0.05, 0) is 48.8 Å². The average molecular weight is 430 g/mol. The van der Waals surface area contributed by atoms with E-state index in [1.54, 1.807) is 0 Å². The van der Waals surface area contributed by atoms with Gasteiger partial charge in [-0.1, -0.05) is 30.3 Å². The second-order valence-electron chi connectivity index (χ2n) is 8.62. The van der Waals surface area contributed by atoms with E-state index < -0.39 is 5.97 Å². The number of allylic oxidation sites excluding steroid dienone is 2. The van der Waals surface area contributed by atoms with Crippen molar-refractivity contribution in [1.82, 2.24) is 4.90 Å². The van der Waals surface area contributed by atoms with Gasteiger partial charge in [0.15, 0.2) is 0 Å². The van der Waals surface area contributed by atoms with Gasteiger partial charge in [0.05, 0.1) is 25.1 Å². The van der Waals surface area contributed by atoms with Crippen molar-refractivity contribution >= 4 is 17.5 Å². The van der Waals surface area contributed by atoms with E-state index in [2.05, 4.69) is 60.6 Å². The Morgan fingerprint density at radius 1 is 1.25 bits per heavy atom. The van der Waals surface area contributed by atoms with E-state index >= 15 is 0 Å². The second kappa shape index (κ2) is 8.19. The Labute approximate surface area is 187 Å². The van der Waals surface area contributed by atoms with Crippen LogP contribution in [-0.4, -0.2) is 34.5 Å². The van der Waals surface area contributed by atoms with Gasteiger partial charge in [0, 0.05) is 36.0 Å². The SMILES string of the molecule is Cc1c(CNc2ccc3c(c2)OC[C@H]3CC(=O)O)cccc1C1C(C)N=C2C=CC=CN21. The molecule has 164 valence electrons. The smallest absolute Gasteiger partial charge is 0.304 e. The molecule has 3 aliphatic heterocycles. The zero-order valence-corrected chi connectivity index (χ0v) is 18.3. The van der Waals surface area contributed by atoms with Crippen LogP contribution in [-0.2, 0) is 11.3 Å². The Balaban J connectivity index is 1.32. The molecular formula is C26H27N3O3. The van der Waals surface area contributed by atoms with Crippen LogP contribution in [0.15, 0.2) is 65.8 Å². The third-order valence-electron chi connectivity index (χ3n) is 6.56. The molecule has 3 atom stereocenters. The van der Waals surface area contributed by atoms with Crippen LogP contribution in [0.5, 0.6) is 5.75 Å². The fourth-order valence-corrected chi connectivity index (χ4v) is 4.89. The minimum atomic E-state index is -0.797. The maximum absolute atomic E-state index is 11.1. The van der Waals surface area contributed by atoms with Crippen molar-refractivity contribution in [2.45, 2.75) is 44.8 Å². The Hall–Kier alpha value is -3.54. The summed E-state index contributed by atoms with van der Waals surface area (Å²) < 4.78 is 5.74. The topological polar surface area (TPSA) is 74.2 Å². The minimum absolute atomic E-state index is 0.0744. The van der Waals surface area contributed by atoms with Crippen molar-refractivity contribution < 1.29 is 14.6 Å². The molecule has 0 spiro atoms. The van der Waals surface area contributed by atoms with Crippen molar-refractivity contribution in [3.05, 3.63) is 83.1 Å². The predicted molar refractivity (Wildman–Crippen MR) is 125 cm³/mol. The molecule has 3 aliphatic rings. The van der Waals surface area contributed by atoms with Gasteiger partial charge >= 0.3 is 5.97 Å². The van der Waals surface area contributed by atoms with Crippen molar-refractivity contribution in [2.24, 2.45) is 4.99 Å². The van der Waals surface area contributed by atoms with E-state index in [-0.39, 0.29) is 24.4 Å². The monoisotopic (exact) mass is 429 g/mol. The van der Waals surface area contributed by atoms with Crippen LogP contribution in [0.2, 0.25) is 0 Å². The number of carbonyl (C=O) groups is 1. The highest BCUT2D eigenvalue weighted by Crippen LogP contribution is 2.38. The van der Waals surface area contributed by atoms with Gasteiger partial charge in [0.1, 0.15) is 11.6 Å². The second-order valence-corrected chi connectivity index (χ2v) is 8.62. The number of carboxylic acid groups (broad SMARTS) is 1. The van der Waals surface area contributed by atoms with Crippen molar-refractivity contribution in [1.29, 1.82) is 0 Å². The lowest BCUT2D eigenvalue weighted by atomic mass is 9.92. The Morgan fingerprint density at radius 3 is 2.97 bits per heavy atom. The number of nitrogens with zero attached hydrogens (tertiary/aromatic N) is 2. The number of carboxylic acids is 1. The minimum Gasteiger partial charge on any atom is -0.493 e. The first-order chi connectivity index (χ1) is 15.5. The molecule has 0 amide bonds. The van der Waals surface area contributed by atoms with Crippen LogP contribution >= 0.6 is 0 Å². The summed E-state index contributed by atoms with van der Waals surface area (Å²) in [6, 6.07) is 12.8. The number of ether oxygens (including phenoxy) is 1. The van der Waals surface area contributed by atoms with Crippen LogP contribution in [0.1, 0.15) is 47.6 Å².